The molecule has 0 atom stereocenters. The van der Waals surface area contributed by atoms with Gasteiger partial charge in [0, 0.05) is 19.2 Å². The van der Waals surface area contributed by atoms with Crippen molar-refractivity contribution in [2.75, 3.05) is 13.7 Å². The first kappa shape index (κ1) is 13.6. The Kier molecular flexibility index (Phi) is 4.79. The zero-order chi connectivity index (χ0) is 13.5. The van der Waals surface area contributed by atoms with Crippen LogP contribution in [0, 0.1) is 10.1 Å². The molecule has 0 unspecified atom stereocenters. The van der Waals surface area contributed by atoms with Crippen LogP contribution >= 0.6 is 0 Å². The van der Waals surface area contributed by atoms with E-state index in [0.717, 1.165) is 5.01 Å². The molecule has 96 valence electrons. The molecule has 0 aromatic heterocycles. The highest BCUT2D eigenvalue weighted by molar-refractivity contribution is 5.81. The summed E-state index contributed by atoms with van der Waals surface area (Å²) < 4.78 is 4.73. The van der Waals surface area contributed by atoms with Crippen molar-refractivity contribution in [1.29, 1.82) is 0 Å². The van der Waals surface area contributed by atoms with Gasteiger partial charge in [-0.2, -0.15) is 5.10 Å². The largest absolute Gasteiger partial charge is 0.448 e. The lowest BCUT2D eigenvalue weighted by molar-refractivity contribution is -0.384. The van der Waals surface area contributed by atoms with Gasteiger partial charge in [-0.05, 0) is 24.6 Å². The molecule has 1 amide bonds. The second kappa shape index (κ2) is 6.33. The van der Waals surface area contributed by atoms with Crippen molar-refractivity contribution in [3.05, 3.63) is 39.9 Å². The summed E-state index contributed by atoms with van der Waals surface area (Å²) in [7, 11) is 1.46. The average molecular weight is 251 g/mol. The van der Waals surface area contributed by atoms with E-state index in [0.29, 0.717) is 5.56 Å². The molecule has 0 aliphatic carbocycles. The Morgan fingerprint density at radius 2 is 2.11 bits per heavy atom. The zero-order valence-corrected chi connectivity index (χ0v) is 10.1. The minimum atomic E-state index is -0.560. The van der Waals surface area contributed by atoms with E-state index in [4.69, 9.17) is 4.74 Å². The number of carbonyl (C=O) groups is 1. The second-order valence-electron chi connectivity index (χ2n) is 3.32. The van der Waals surface area contributed by atoms with Crippen LogP contribution in [0.15, 0.2) is 29.4 Å². The number of ether oxygens (including phenoxy) is 1. The van der Waals surface area contributed by atoms with Gasteiger partial charge in [-0.15, -0.1) is 0 Å². The third-order valence-corrected chi connectivity index (χ3v) is 2.02. The average Bonchev–Trinajstić information content (AvgIpc) is 2.36. The quantitative estimate of drug-likeness (QED) is 0.465. The molecule has 0 heterocycles. The highest BCUT2D eigenvalue weighted by Gasteiger charge is 2.06. The fourth-order valence-electron chi connectivity index (χ4n) is 1.10. The zero-order valence-electron chi connectivity index (χ0n) is 10.1. The molecule has 0 bridgehead atoms. The summed E-state index contributed by atoms with van der Waals surface area (Å²) in [5.74, 6) is 0. The van der Waals surface area contributed by atoms with E-state index in [1.165, 1.54) is 25.4 Å². The smallest absolute Gasteiger partial charge is 0.430 e. The maximum atomic E-state index is 11.2. The number of rotatable bonds is 4. The summed E-state index contributed by atoms with van der Waals surface area (Å²) in [6.45, 7) is 1.97. The molecule has 1 rings (SSSR count). The number of nitro benzene ring substituents is 1. The van der Waals surface area contributed by atoms with Crippen molar-refractivity contribution in [2.24, 2.45) is 5.10 Å². The number of amides is 1. The van der Waals surface area contributed by atoms with E-state index in [-0.39, 0.29) is 12.3 Å². The molecule has 1 aromatic rings. The normalized spacial score (nSPS) is 10.3. The predicted octanol–water partition coefficient (Wildman–Crippen LogP) is 2.02. The van der Waals surface area contributed by atoms with Gasteiger partial charge in [0.1, 0.15) is 0 Å². The lowest BCUT2D eigenvalue weighted by Crippen LogP contribution is -2.22. The molecule has 0 saturated carbocycles. The molecule has 18 heavy (non-hydrogen) atoms. The predicted molar refractivity (Wildman–Crippen MR) is 65.5 cm³/mol. The van der Waals surface area contributed by atoms with Crippen LogP contribution < -0.4 is 0 Å². The van der Waals surface area contributed by atoms with Crippen molar-refractivity contribution < 1.29 is 14.5 Å². The Labute approximate surface area is 104 Å². The van der Waals surface area contributed by atoms with Crippen LogP contribution in [0.3, 0.4) is 0 Å². The molecule has 0 saturated heterocycles. The van der Waals surface area contributed by atoms with E-state index >= 15 is 0 Å². The molecule has 0 aliphatic heterocycles. The lowest BCUT2D eigenvalue weighted by atomic mass is 10.2. The third kappa shape index (κ3) is 3.85. The minimum Gasteiger partial charge on any atom is -0.448 e. The summed E-state index contributed by atoms with van der Waals surface area (Å²) in [5.41, 5.74) is 0.655. The molecule has 0 spiro atoms. The molecule has 7 nitrogen and oxygen atoms in total. The lowest BCUT2D eigenvalue weighted by Gasteiger charge is -2.09. The summed E-state index contributed by atoms with van der Waals surface area (Å²) in [6.07, 6.45) is 0.858. The van der Waals surface area contributed by atoms with Crippen molar-refractivity contribution in [3.63, 3.8) is 0 Å². The van der Waals surface area contributed by atoms with E-state index in [9.17, 15) is 14.9 Å². The topological polar surface area (TPSA) is 85.0 Å². The number of carbonyl (C=O) groups excluding carboxylic acids is 1. The van der Waals surface area contributed by atoms with Gasteiger partial charge in [-0.1, -0.05) is 0 Å². The Morgan fingerprint density at radius 3 is 2.61 bits per heavy atom. The fourth-order valence-corrected chi connectivity index (χ4v) is 1.10. The van der Waals surface area contributed by atoms with Crippen LogP contribution in [0.1, 0.15) is 12.5 Å². The van der Waals surface area contributed by atoms with E-state index in [1.54, 1.807) is 19.1 Å². The van der Waals surface area contributed by atoms with Gasteiger partial charge in [0.2, 0.25) is 0 Å². The van der Waals surface area contributed by atoms with E-state index in [1.807, 2.05) is 0 Å². The van der Waals surface area contributed by atoms with Crippen LogP contribution in [0.5, 0.6) is 0 Å². The molecule has 0 N–H and O–H groups in total. The third-order valence-electron chi connectivity index (χ3n) is 2.02. The number of non-ortho nitro benzene ring substituents is 1. The van der Waals surface area contributed by atoms with Crippen LogP contribution in [0.25, 0.3) is 0 Å². The summed E-state index contributed by atoms with van der Waals surface area (Å²) >= 11 is 0. The fraction of sp³-hybridized carbons (Fsp3) is 0.273. The minimum absolute atomic E-state index is 0.00546. The number of benzene rings is 1. The maximum Gasteiger partial charge on any atom is 0.430 e. The standard InChI is InChI=1S/C11H13N3O4/c1-3-18-11(15)13(2)12-8-9-4-6-10(7-5-9)14(16)17/h4-8H,3H2,1-2H3. The number of nitrogens with zero attached hydrogens (tertiary/aromatic N) is 3. The molecule has 1 aromatic carbocycles. The van der Waals surface area contributed by atoms with Crippen molar-refractivity contribution in [2.45, 2.75) is 6.92 Å². The SMILES string of the molecule is CCOC(=O)N(C)N=Cc1ccc([N+](=O)[O-])cc1. The Bertz CT molecular complexity index is 456. The Balaban J connectivity index is 2.67. The van der Waals surface area contributed by atoms with Crippen LogP contribution in [-0.2, 0) is 4.74 Å². The first-order valence-corrected chi connectivity index (χ1v) is 5.23. The number of hydrogen-bond donors (Lipinski definition) is 0. The van der Waals surface area contributed by atoms with E-state index in [2.05, 4.69) is 5.10 Å². The van der Waals surface area contributed by atoms with Gasteiger partial charge >= 0.3 is 6.09 Å². The van der Waals surface area contributed by atoms with Crippen molar-refractivity contribution >= 4 is 18.0 Å². The van der Waals surface area contributed by atoms with Gasteiger partial charge in [-0.3, -0.25) is 10.1 Å². The number of hydrogen-bond acceptors (Lipinski definition) is 5. The van der Waals surface area contributed by atoms with Crippen LogP contribution in [0.4, 0.5) is 10.5 Å². The maximum absolute atomic E-state index is 11.2. The van der Waals surface area contributed by atoms with Crippen LogP contribution in [0.2, 0.25) is 0 Å². The van der Waals surface area contributed by atoms with Gasteiger partial charge in [0.15, 0.2) is 0 Å². The molecule has 0 radical (unpaired) electrons. The second-order valence-corrected chi connectivity index (χ2v) is 3.32. The van der Waals surface area contributed by atoms with Crippen molar-refractivity contribution in [1.82, 2.24) is 5.01 Å². The number of hydrazone groups is 1. The Morgan fingerprint density at radius 1 is 1.50 bits per heavy atom. The highest BCUT2D eigenvalue weighted by Crippen LogP contribution is 2.10. The van der Waals surface area contributed by atoms with Gasteiger partial charge in [0.25, 0.3) is 5.69 Å². The summed E-state index contributed by atoms with van der Waals surface area (Å²) in [4.78, 5) is 21.2. The molecular formula is C11H13N3O4. The molecule has 0 aliphatic rings. The monoisotopic (exact) mass is 251 g/mol. The van der Waals surface area contributed by atoms with Crippen molar-refractivity contribution in [3.8, 4) is 0 Å². The highest BCUT2D eigenvalue weighted by atomic mass is 16.6. The molecular weight excluding hydrogens is 238 g/mol. The first-order valence-electron chi connectivity index (χ1n) is 5.23. The summed E-state index contributed by atoms with van der Waals surface area (Å²) in [6, 6.07) is 5.82. The van der Waals surface area contributed by atoms with Gasteiger partial charge < -0.3 is 4.74 Å². The summed E-state index contributed by atoms with van der Waals surface area (Å²) in [5, 5.41) is 15.3. The molecule has 7 heteroatoms. The molecule has 0 fully saturated rings. The van der Waals surface area contributed by atoms with Crippen LogP contribution in [-0.4, -0.2) is 35.9 Å². The Hall–Kier alpha value is -2.44. The van der Waals surface area contributed by atoms with E-state index < -0.39 is 11.0 Å². The van der Waals surface area contributed by atoms with Gasteiger partial charge in [-0.25, -0.2) is 9.80 Å². The van der Waals surface area contributed by atoms with Gasteiger partial charge in [0.05, 0.1) is 17.7 Å². The first-order chi connectivity index (χ1) is 8.54. The number of nitro groups is 1.